The summed E-state index contributed by atoms with van der Waals surface area (Å²) in [7, 11) is 1.62. The third kappa shape index (κ3) is 4.01. The van der Waals surface area contributed by atoms with Gasteiger partial charge < -0.3 is 14.4 Å². The Morgan fingerprint density at radius 2 is 2.17 bits per heavy atom. The molecule has 2 heterocycles. The zero-order valence-corrected chi connectivity index (χ0v) is 13.7. The summed E-state index contributed by atoms with van der Waals surface area (Å²) >= 11 is 0. The second-order valence-electron chi connectivity index (χ2n) is 5.77. The van der Waals surface area contributed by atoms with E-state index in [4.69, 9.17) is 9.47 Å². The lowest BCUT2D eigenvalue weighted by molar-refractivity contribution is -0.133. The SMILES string of the molecule is COc1ccccc1CC(=O)N1CCC[C@@H](Oc2cccnn2)C1. The summed E-state index contributed by atoms with van der Waals surface area (Å²) in [5.74, 6) is 1.34. The molecule has 3 rings (SSSR count). The first kappa shape index (κ1) is 16.2. The van der Waals surface area contributed by atoms with Gasteiger partial charge in [-0.3, -0.25) is 4.79 Å². The first-order valence-electron chi connectivity index (χ1n) is 8.10. The molecule has 1 amide bonds. The van der Waals surface area contributed by atoms with Gasteiger partial charge in [-0.2, -0.15) is 5.10 Å². The van der Waals surface area contributed by atoms with Crippen LogP contribution in [0.2, 0.25) is 0 Å². The minimum absolute atomic E-state index is 0.0444. The number of amides is 1. The van der Waals surface area contributed by atoms with Gasteiger partial charge in [0.2, 0.25) is 11.8 Å². The highest BCUT2D eigenvalue weighted by Gasteiger charge is 2.25. The predicted octanol–water partition coefficient (Wildman–Crippen LogP) is 2.10. The van der Waals surface area contributed by atoms with Crippen molar-refractivity contribution in [3.8, 4) is 11.6 Å². The van der Waals surface area contributed by atoms with Crippen LogP contribution < -0.4 is 9.47 Å². The van der Waals surface area contributed by atoms with Crippen LogP contribution in [0.4, 0.5) is 0 Å². The average molecular weight is 327 g/mol. The Kier molecular flexibility index (Phi) is 5.25. The van der Waals surface area contributed by atoms with E-state index in [9.17, 15) is 4.79 Å². The van der Waals surface area contributed by atoms with Gasteiger partial charge in [0, 0.05) is 24.4 Å². The monoisotopic (exact) mass is 327 g/mol. The van der Waals surface area contributed by atoms with Crippen LogP contribution in [0.1, 0.15) is 18.4 Å². The molecule has 1 aliphatic heterocycles. The number of nitrogens with zero attached hydrogens (tertiary/aromatic N) is 3. The molecule has 126 valence electrons. The van der Waals surface area contributed by atoms with Crippen molar-refractivity contribution in [2.75, 3.05) is 20.2 Å². The third-order valence-corrected chi connectivity index (χ3v) is 4.10. The van der Waals surface area contributed by atoms with Crippen LogP contribution in [-0.2, 0) is 11.2 Å². The molecule has 0 aliphatic carbocycles. The molecule has 0 N–H and O–H groups in total. The molecule has 6 nitrogen and oxygen atoms in total. The Bertz CT molecular complexity index is 678. The Morgan fingerprint density at radius 3 is 2.96 bits per heavy atom. The molecular weight excluding hydrogens is 306 g/mol. The molecule has 0 saturated carbocycles. The highest BCUT2D eigenvalue weighted by Crippen LogP contribution is 2.21. The average Bonchev–Trinajstić information content (AvgIpc) is 2.63. The molecule has 1 atom stereocenters. The van der Waals surface area contributed by atoms with E-state index >= 15 is 0 Å². The van der Waals surface area contributed by atoms with Gasteiger partial charge in [-0.05, 0) is 25.0 Å². The minimum Gasteiger partial charge on any atom is -0.496 e. The molecule has 1 saturated heterocycles. The molecule has 6 heteroatoms. The first-order valence-corrected chi connectivity index (χ1v) is 8.10. The van der Waals surface area contributed by atoms with Gasteiger partial charge in [-0.1, -0.05) is 18.2 Å². The van der Waals surface area contributed by atoms with Gasteiger partial charge >= 0.3 is 0 Å². The van der Waals surface area contributed by atoms with Crippen molar-refractivity contribution in [2.24, 2.45) is 0 Å². The molecule has 1 aliphatic rings. The second kappa shape index (κ2) is 7.77. The maximum Gasteiger partial charge on any atom is 0.233 e. The number of rotatable bonds is 5. The molecule has 24 heavy (non-hydrogen) atoms. The zero-order chi connectivity index (χ0) is 16.8. The van der Waals surface area contributed by atoms with Gasteiger partial charge in [-0.15, -0.1) is 5.10 Å². The van der Waals surface area contributed by atoms with Crippen LogP contribution >= 0.6 is 0 Å². The smallest absolute Gasteiger partial charge is 0.233 e. The highest BCUT2D eigenvalue weighted by molar-refractivity contribution is 5.79. The van der Waals surface area contributed by atoms with Gasteiger partial charge in [0.25, 0.3) is 0 Å². The van der Waals surface area contributed by atoms with E-state index in [1.807, 2.05) is 29.2 Å². The number of aromatic nitrogens is 2. The minimum atomic E-state index is -0.0444. The number of ether oxygens (including phenoxy) is 2. The van der Waals surface area contributed by atoms with Gasteiger partial charge in [0.05, 0.1) is 20.1 Å². The van der Waals surface area contributed by atoms with E-state index in [1.54, 1.807) is 25.4 Å². The van der Waals surface area contributed by atoms with Crippen LogP contribution in [-0.4, -0.2) is 47.3 Å². The number of para-hydroxylation sites is 1. The molecule has 0 bridgehead atoms. The summed E-state index contributed by atoms with van der Waals surface area (Å²) in [4.78, 5) is 14.5. The number of hydrogen-bond donors (Lipinski definition) is 0. The Balaban J connectivity index is 1.60. The molecular formula is C18H21N3O3. The summed E-state index contributed by atoms with van der Waals surface area (Å²) in [6.45, 7) is 1.33. The predicted molar refractivity (Wildman–Crippen MR) is 89.0 cm³/mol. The summed E-state index contributed by atoms with van der Waals surface area (Å²) in [5, 5.41) is 7.75. The Labute approximate surface area is 141 Å². The fraction of sp³-hybridized carbons (Fsp3) is 0.389. The van der Waals surface area contributed by atoms with Crippen LogP contribution in [0.5, 0.6) is 11.6 Å². The summed E-state index contributed by atoms with van der Waals surface area (Å²) < 4.78 is 11.2. The van der Waals surface area contributed by atoms with Crippen molar-refractivity contribution in [1.29, 1.82) is 0 Å². The van der Waals surface area contributed by atoms with Gasteiger partial charge in [0.1, 0.15) is 11.9 Å². The van der Waals surface area contributed by atoms with E-state index in [0.717, 1.165) is 30.7 Å². The largest absolute Gasteiger partial charge is 0.496 e. The van der Waals surface area contributed by atoms with Crippen molar-refractivity contribution >= 4 is 5.91 Å². The zero-order valence-electron chi connectivity index (χ0n) is 13.7. The van der Waals surface area contributed by atoms with Gasteiger partial charge in [-0.25, -0.2) is 0 Å². The van der Waals surface area contributed by atoms with E-state index in [0.29, 0.717) is 18.8 Å². The fourth-order valence-corrected chi connectivity index (χ4v) is 2.91. The summed E-state index contributed by atoms with van der Waals surface area (Å²) in [6.07, 6.45) is 3.73. The van der Waals surface area contributed by atoms with Crippen LogP contribution in [0.15, 0.2) is 42.6 Å². The first-order chi connectivity index (χ1) is 11.8. The molecule has 0 unspecified atom stereocenters. The van der Waals surface area contributed by atoms with Gasteiger partial charge in [0.15, 0.2) is 0 Å². The molecule has 0 radical (unpaired) electrons. The molecule has 1 aromatic heterocycles. The van der Waals surface area contributed by atoms with E-state index in [2.05, 4.69) is 10.2 Å². The van der Waals surface area contributed by atoms with E-state index < -0.39 is 0 Å². The van der Waals surface area contributed by atoms with Crippen LogP contribution in [0, 0.1) is 0 Å². The molecule has 1 aromatic carbocycles. The maximum absolute atomic E-state index is 12.6. The topological polar surface area (TPSA) is 64.5 Å². The number of hydrogen-bond acceptors (Lipinski definition) is 5. The lowest BCUT2D eigenvalue weighted by Gasteiger charge is -2.32. The number of piperidine rings is 1. The highest BCUT2D eigenvalue weighted by atomic mass is 16.5. The maximum atomic E-state index is 12.6. The molecule has 2 aromatic rings. The normalized spacial score (nSPS) is 17.4. The van der Waals surface area contributed by atoms with E-state index in [1.165, 1.54) is 0 Å². The number of carbonyl (C=O) groups excluding carboxylic acids is 1. The lowest BCUT2D eigenvalue weighted by Crippen LogP contribution is -2.45. The Hall–Kier alpha value is -2.63. The molecule has 0 spiro atoms. The molecule has 1 fully saturated rings. The van der Waals surface area contributed by atoms with E-state index in [-0.39, 0.29) is 12.0 Å². The Morgan fingerprint density at radius 1 is 1.29 bits per heavy atom. The van der Waals surface area contributed by atoms with Crippen molar-refractivity contribution in [2.45, 2.75) is 25.4 Å². The second-order valence-corrected chi connectivity index (χ2v) is 5.77. The third-order valence-electron chi connectivity index (χ3n) is 4.10. The lowest BCUT2D eigenvalue weighted by atomic mass is 10.1. The van der Waals surface area contributed by atoms with Crippen LogP contribution in [0.25, 0.3) is 0 Å². The standard InChI is InChI=1S/C18H21N3O3/c1-23-16-8-3-2-6-14(16)12-18(22)21-11-5-7-15(13-21)24-17-9-4-10-19-20-17/h2-4,6,8-10,15H,5,7,11-13H2,1H3/t15-/m1/s1. The van der Waals surface area contributed by atoms with Crippen molar-refractivity contribution < 1.29 is 14.3 Å². The number of likely N-dealkylation sites (tertiary alicyclic amines) is 1. The quantitative estimate of drug-likeness (QED) is 0.841. The summed E-state index contributed by atoms with van der Waals surface area (Å²) in [6, 6.07) is 11.2. The number of methoxy groups -OCH3 is 1. The van der Waals surface area contributed by atoms with Crippen molar-refractivity contribution in [3.63, 3.8) is 0 Å². The van der Waals surface area contributed by atoms with Crippen LogP contribution in [0.3, 0.4) is 0 Å². The van der Waals surface area contributed by atoms with Crippen molar-refractivity contribution in [1.82, 2.24) is 15.1 Å². The fourth-order valence-electron chi connectivity index (χ4n) is 2.91. The number of benzene rings is 1. The summed E-state index contributed by atoms with van der Waals surface area (Å²) in [5.41, 5.74) is 0.905. The number of carbonyl (C=O) groups is 1. The van der Waals surface area contributed by atoms with Crippen molar-refractivity contribution in [3.05, 3.63) is 48.2 Å².